The van der Waals surface area contributed by atoms with Crippen LogP contribution in [0.4, 0.5) is 0 Å². The summed E-state index contributed by atoms with van der Waals surface area (Å²) in [6.45, 7) is 0.740. The quantitative estimate of drug-likeness (QED) is 0.642. The lowest BCUT2D eigenvalue weighted by molar-refractivity contribution is -0.122. The smallest absolute Gasteiger partial charge is 0.151 e. The Morgan fingerprint density at radius 2 is 2.07 bits per heavy atom. The summed E-state index contributed by atoms with van der Waals surface area (Å²) in [5.41, 5.74) is 1.05. The molecule has 14 heavy (non-hydrogen) atoms. The second kappa shape index (κ2) is 6.29. The van der Waals surface area contributed by atoms with Gasteiger partial charge in [-0.15, -0.1) is 0 Å². The molecule has 1 aromatic rings. The van der Waals surface area contributed by atoms with Gasteiger partial charge in [0.1, 0.15) is 6.10 Å². The van der Waals surface area contributed by atoms with Gasteiger partial charge in [-0.1, -0.05) is 30.3 Å². The van der Waals surface area contributed by atoms with Crippen molar-refractivity contribution < 1.29 is 14.3 Å². The molecule has 1 rings (SSSR count). The third kappa shape index (κ3) is 3.68. The normalized spacial score (nSPS) is 12.4. The highest BCUT2D eigenvalue weighted by atomic mass is 16.5. The van der Waals surface area contributed by atoms with Crippen LogP contribution in [0.15, 0.2) is 30.3 Å². The molecular weight excluding hydrogens is 180 g/mol. The summed E-state index contributed by atoms with van der Waals surface area (Å²) in [7, 11) is 1.54. The van der Waals surface area contributed by atoms with Crippen LogP contribution in [0.1, 0.15) is 5.56 Å². The summed E-state index contributed by atoms with van der Waals surface area (Å²) < 4.78 is 10.2. The molecule has 0 aliphatic heterocycles. The highest BCUT2D eigenvalue weighted by molar-refractivity contribution is 5.56. The molecule has 0 heterocycles. The van der Waals surface area contributed by atoms with E-state index in [2.05, 4.69) is 0 Å². The molecule has 0 saturated carbocycles. The molecule has 0 spiro atoms. The first-order chi connectivity index (χ1) is 6.86. The molecule has 3 heteroatoms. The van der Waals surface area contributed by atoms with Crippen molar-refractivity contribution in [3.8, 4) is 0 Å². The Morgan fingerprint density at radius 1 is 1.36 bits per heavy atom. The van der Waals surface area contributed by atoms with Gasteiger partial charge in [0.2, 0.25) is 0 Å². The molecule has 0 aromatic heterocycles. The van der Waals surface area contributed by atoms with Crippen LogP contribution >= 0.6 is 0 Å². The Balaban J connectivity index is 2.35. The van der Waals surface area contributed by atoms with Crippen LogP contribution in [0.5, 0.6) is 0 Å². The van der Waals surface area contributed by atoms with E-state index in [0.717, 1.165) is 11.8 Å². The highest BCUT2D eigenvalue weighted by Gasteiger charge is 2.06. The van der Waals surface area contributed by atoms with E-state index in [-0.39, 0.29) is 0 Å². The van der Waals surface area contributed by atoms with Gasteiger partial charge in [0.25, 0.3) is 0 Å². The van der Waals surface area contributed by atoms with Crippen LogP contribution in [0, 0.1) is 0 Å². The monoisotopic (exact) mass is 194 g/mol. The van der Waals surface area contributed by atoms with Crippen molar-refractivity contribution in [3.05, 3.63) is 35.9 Å². The maximum atomic E-state index is 10.5. The molecule has 0 saturated heterocycles. The van der Waals surface area contributed by atoms with E-state index in [1.165, 1.54) is 0 Å². The standard InChI is InChI=1S/C11H14O3/c1-13-9-11(7-12)14-8-10-5-3-2-4-6-10/h2-7,11H,8-9H2,1H3/t11-/m0/s1. The van der Waals surface area contributed by atoms with E-state index >= 15 is 0 Å². The van der Waals surface area contributed by atoms with Gasteiger partial charge in [-0.2, -0.15) is 0 Å². The van der Waals surface area contributed by atoms with Crippen molar-refractivity contribution in [2.24, 2.45) is 0 Å². The topological polar surface area (TPSA) is 35.5 Å². The fourth-order valence-electron chi connectivity index (χ4n) is 1.07. The molecule has 0 bridgehead atoms. The lowest BCUT2D eigenvalue weighted by atomic mass is 10.2. The molecule has 0 aliphatic rings. The zero-order chi connectivity index (χ0) is 10.2. The third-order valence-electron chi connectivity index (χ3n) is 1.79. The third-order valence-corrected chi connectivity index (χ3v) is 1.79. The van der Waals surface area contributed by atoms with Crippen LogP contribution in [0.25, 0.3) is 0 Å². The first-order valence-electron chi connectivity index (χ1n) is 4.46. The number of hydrogen-bond acceptors (Lipinski definition) is 3. The minimum absolute atomic E-state index is 0.302. The summed E-state index contributed by atoms with van der Waals surface area (Å²) in [5.74, 6) is 0. The Hall–Kier alpha value is -1.19. The molecule has 0 fully saturated rings. The van der Waals surface area contributed by atoms with E-state index in [1.54, 1.807) is 7.11 Å². The van der Waals surface area contributed by atoms with Gasteiger partial charge in [-0.05, 0) is 5.56 Å². The van der Waals surface area contributed by atoms with Crippen molar-refractivity contribution >= 4 is 6.29 Å². The maximum absolute atomic E-state index is 10.5. The first kappa shape index (κ1) is 10.9. The average molecular weight is 194 g/mol. The summed E-state index contributed by atoms with van der Waals surface area (Å²) >= 11 is 0. The van der Waals surface area contributed by atoms with Gasteiger partial charge in [0, 0.05) is 7.11 Å². The van der Waals surface area contributed by atoms with Gasteiger partial charge >= 0.3 is 0 Å². The number of ether oxygens (including phenoxy) is 2. The van der Waals surface area contributed by atoms with Crippen molar-refractivity contribution in [1.29, 1.82) is 0 Å². The highest BCUT2D eigenvalue weighted by Crippen LogP contribution is 2.02. The van der Waals surface area contributed by atoms with Crippen molar-refractivity contribution in [2.75, 3.05) is 13.7 Å². The Kier molecular flexibility index (Phi) is 4.89. The minimum Gasteiger partial charge on any atom is -0.382 e. The van der Waals surface area contributed by atoms with E-state index in [9.17, 15) is 4.79 Å². The van der Waals surface area contributed by atoms with Crippen LogP contribution in [0.2, 0.25) is 0 Å². The number of carbonyl (C=O) groups excluding carboxylic acids is 1. The first-order valence-corrected chi connectivity index (χ1v) is 4.46. The summed E-state index contributed by atoms with van der Waals surface area (Å²) in [4.78, 5) is 10.5. The lowest BCUT2D eigenvalue weighted by Crippen LogP contribution is -2.20. The van der Waals surface area contributed by atoms with E-state index in [4.69, 9.17) is 9.47 Å². The Morgan fingerprint density at radius 3 is 2.64 bits per heavy atom. The molecule has 0 amide bonds. The number of rotatable bonds is 6. The van der Waals surface area contributed by atoms with Gasteiger partial charge in [-0.25, -0.2) is 0 Å². The molecule has 0 aliphatic carbocycles. The number of carbonyl (C=O) groups is 1. The molecule has 1 atom stereocenters. The second-order valence-electron chi connectivity index (χ2n) is 2.93. The summed E-state index contributed by atoms with van der Waals surface area (Å²) in [5, 5.41) is 0. The molecular formula is C11H14O3. The van der Waals surface area contributed by atoms with E-state index in [0.29, 0.717) is 13.2 Å². The van der Waals surface area contributed by atoms with Crippen molar-refractivity contribution in [2.45, 2.75) is 12.7 Å². The number of aldehydes is 1. The maximum Gasteiger partial charge on any atom is 0.151 e. The molecule has 3 nitrogen and oxygen atoms in total. The van der Waals surface area contributed by atoms with Gasteiger partial charge in [-0.3, -0.25) is 0 Å². The average Bonchev–Trinajstić information content (AvgIpc) is 2.25. The molecule has 1 aromatic carbocycles. The minimum atomic E-state index is -0.472. The van der Waals surface area contributed by atoms with Crippen LogP contribution < -0.4 is 0 Å². The zero-order valence-electron chi connectivity index (χ0n) is 8.18. The van der Waals surface area contributed by atoms with E-state index < -0.39 is 6.10 Å². The fraction of sp³-hybridized carbons (Fsp3) is 0.364. The van der Waals surface area contributed by atoms with Crippen molar-refractivity contribution in [1.82, 2.24) is 0 Å². The molecule has 76 valence electrons. The molecule has 0 N–H and O–H groups in total. The van der Waals surface area contributed by atoms with Crippen molar-refractivity contribution in [3.63, 3.8) is 0 Å². The van der Waals surface area contributed by atoms with Crippen LogP contribution in [-0.4, -0.2) is 26.1 Å². The summed E-state index contributed by atoms with van der Waals surface area (Å²) in [6.07, 6.45) is 0.284. The summed E-state index contributed by atoms with van der Waals surface area (Å²) in [6, 6.07) is 9.72. The predicted octanol–water partition coefficient (Wildman–Crippen LogP) is 1.42. The number of hydrogen-bond donors (Lipinski definition) is 0. The van der Waals surface area contributed by atoms with Gasteiger partial charge in [0.05, 0.1) is 13.2 Å². The Bertz CT molecular complexity index is 258. The Labute approximate surface area is 83.6 Å². The van der Waals surface area contributed by atoms with Crippen LogP contribution in [-0.2, 0) is 20.9 Å². The van der Waals surface area contributed by atoms with Gasteiger partial charge in [0.15, 0.2) is 6.29 Å². The molecule has 0 radical (unpaired) electrons. The predicted molar refractivity (Wildman–Crippen MR) is 53.0 cm³/mol. The van der Waals surface area contributed by atoms with E-state index in [1.807, 2.05) is 30.3 Å². The number of benzene rings is 1. The largest absolute Gasteiger partial charge is 0.382 e. The lowest BCUT2D eigenvalue weighted by Gasteiger charge is -2.10. The van der Waals surface area contributed by atoms with Gasteiger partial charge < -0.3 is 14.3 Å². The SMILES string of the molecule is COC[C@H](C=O)OCc1ccccc1. The second-order valence-corrected chi connectivity index (χ2v) is 2.93. The number of methoxy groups -OCH3 is 1. The molecule has 0 unspecified atom stereocenters. The van der Waals surface area contributed by atoms with Crippen LogP contribution in [0.3, 0.4) is 0 Å². The fourth-order valence-corrected chi connectivity index (χ4v) is 1.07. The zero-order valence-corrected chi connectivity index (χ0v) is 8.18.